The van der Waals surface area contributed by atoms with E-state index < -0.39 is 5.97 Å². The maximum Gasteiger partial charge on any atom is 0.0745 e. The van der Waals surface area contributed by atoms with Crippen molar-refractivity contribution in [3.8, 4) is 11.3 Å². The Morgan fingerprint density at radius 3 is 2.43 bits per heavy atom. The first-order chi connectivity index (χ1) is 10.1. The number of aromatic carboxylic acids is 1. The highest BCUT2D eigenvalue weighted by atomic mass is 16.4. The molecular weight excluding hydrogens is 262 g/mol. The predicted octanol–water partition coefficient (Wildman–Crippen LogP) is 2.88. The molecule has 0 fully saturated rings. The number of carboxylic acids is 1. The highest BCUT2D eigenvalue weighted by molar-refractivity contribution is 6.04. The van der Waals surface area contributed by atoms with E-state index in [1.165, 1.54) is 0 Å². The van der Waals surface area contributed by atoms with Crippen molar-refractivity contribution in [3.05, 3.63) is 65.2 Å². The number of carbonyl (C=O) groups excluding carboxylic acids is 1. The van der Waals surface area contributed by atoms with Gasteiger partial charge in [-0.1, -0.05) is 42.0 Å². The summed E-state index contributed by atoms with van der Waals surface area (Å²) in [5.74, 6) is -1.16. The third-order valence-electron chi connectivity index (χ3n) is 3.64. The number of benzene rings is 2. The average molecular weight is 276 g/mol. The Kier molecular flexibility index (Phi) is 3.18. The Bertz CT molecular complexity index is 839. The minimum absolute atomic E-state index is 0.225. The van der Waals surface area contributed by atoms with E-state index in [1.807, 2.05) is 55.5 Å². The second-order valence-electron chi connectivity index (χ2n) is 5.13. The summed E-state index contributed by atoms with van der Waals surface area (Å²) in [5.41, 5.74) is 4.12. The first-order valence-corrected chi connectivity index (χ1v) is 6.75. The molecule has 0 unspecified atom stereocenters. The van der Waals surface area contributed by atoms with Gasteiger partial charge in [0.1, 0.15) is 0 Å². The molecule has 21 heavy (non-hydrogen) atoms. The number of aromatic nitrogens is 1. The summed E-state index contributed by atoms with van der Waals surface area (Å²) in [6.45, 7) is 3.71. The van der Waals surface area contributed by atoms with Gasteiger partial charge in [-0.3, -0.25) is 0 Å². The van der Waals surface area contributed by atoms with E-state index in [0.717, 1.165) is 11.1 Å². The van der Waals surface area contributed by atoms with Gasteiger partial charge in [-0.05, 0) is 31.5 Å². The number of fused-ring (bicyclic) bond motifs is 1. The van der Waals surface area contributed by atoms with Gasteiger partial charge in [-0.25, -0.2) is 4.98 Å². The maximum absolute atomic E-state index is 11.6. The summed E-state index contributed by atoms with van der Waals surface area (Å²) in [5, 5.41) is 12.2. The quantitative estimate of drug-likeness (QED) is 0.723. The van der Waals surface area contributed by atoms with Crippen LogP contribution in [0.15, 0.2) is 48.5 Å². The Hall–Kier alpha value is -2.68. The lowest BCUT2D eigenvalue weighted by atomic mass is 9.97. The van der Waals surface area contributed by atoms with Crippen LogP contribution in [-0.2, 0) is 0 Å². The van der Waals surface area contributed by atoms with Gasteiger partial charge in [-0.15, -0.1) is 0 Å². The van der Waals surface area contributed by atoms with Crippen LogP contribution in [0.3, 0.4) is 0 Å². The monoisotopic (exact) mass is 276 g/mol. The second kappa shape index (κ2) is 5.02. The number of carbonyl (C=O) groups is 1. The van der Waals surface area contributed by atoms with E-state index in [0.29, 0.717) is 22.2 Å². The van der Waals surface area contributed by atoms with Crippen LogP contribution in [0.2, 0.25) is 0 Å². The third kappa shape index (κ3) is 2.27. The molecule has 0 atom stereocenters. The summed E-state index contributed by atoms with van der Waals surface area (Å²) in [6.07, 6.45) is 0. The topological polar surface area (TPSA) is 53.0 Å². The molecule has 1 aromatic heterocycles. The van der Waals surface area contributed by atoms with E-state index in [1.54, 1.807) is 6.92 Å². The summed E-state index contributed by atoms with van der Waals surface area (Å²) in [6, 6.07) is 15.2. The fourth-order valence-electron chi connectivity index (χ4n) is 2.61. The number of rotatable bonds is 2. The first-order valence-electron chi connectivity index (χ1n) is 6.75. The van der Waals surface area contributed by atoms with Crippen LogP contribution in [0.4, 0.5) is 0 Å². The summed E-state index contributed by atoms with van der Waals surface area (Å²) >= 11 is 0. The summed E-state index contributed by atoms with van der Waals surface area (Å²) < 4.78 is 0. The number of nitrogens with zero attached hydrogens (tertiary/aromatic N) is 1. The Morgan fingerprint density at radius 1 is 1.05 bits per heavy atom. The molecule has 1 heterocycles. The van der Waals surface area contributed by atoms with Crippen LogP contribution in [0.1, 0.15) is 21.5 Å². The number of pyridine rings is 1. The zero-order valence-electron chi connectivity index (χ0n) is 11.9. The van der Waals surface area contributed by atoms with Crippen LogP contribution in [0.25, 0.3) is 22.2 Å². The van der Waals surface area contributed by atoms with Gasteiger partial charge in [0.05, 0.1) is 17.2 Å². The Balaban J connectivity index is 2.41. The third-order valence-corrected chi connectivity index (χ3v) is 3.64. The van der Waals surface area contributed by atoms with Crippen molar-refractivity contribution in [2.75, 3.05) is 0 Å². The number of hydrogen-bond acceptors (Lipinski definition) is 3. The fraction of sp³-hybridized carbons (Fsp3) is 0.111. The molecule has 3 nitrogen and oxygen atoms in total. The summed E-state index contributed by atoms with van der Waals surface area (Å²) in [4.78, 5) is 16.2. The van der Waals surface area contributed by atoms with Crippen molar-refractivity contribution in [1.29, 1.82) is 0 Å². The van der Waals surface area contributed by atoms with Crippen molar-refractivity contribution in [3.63, 3.8) is 0 Å². The van der Waals surface area contributed by atoms with Crippen LogP contribution >= 0.6 is 0 Å². The molecule has 0 aliphatic carbocycles. The Labute approximate surface area is 122 Å². The van der Waals surface area contributed by atoms with Crippen LogP contribution in [0, 0.1) is 13.8 Å². The molecule has 0 aliphatic heterocycles. The zero-order valence-corrected chi connectivity index (χ0v) is 11.9. The van der Waals surface area contributed by atoms with Gasteiger partial charge in [0, 0.05) is 16.5 Å². The molecule has 0 spiro atoms. The largest absolute Gasteiger partial charge is 0.545 e. The number of aryl methyl sites for hydroxylation is 1. The first kappa shape index (κ1) is 13.3. The molecule has 104 valence electrons. The highest BCUT2D eigenvalue weighted by Crippen LogP contribution is 2.29. The lowest BCUT2D eigenvalue weighted by Crippen LogP contribution is -2.24. The van der Waals surface area contributed by atoms with Crippen molar-refractivity contribution >= 4 is 16.9 Å². The zero-order chi connectivity index (χ0) is 15.0. The molecule has 3 aromatic rings. The SMILES string of the molecule is Cc1ccc2nc(-c3ccccc3)c(C)c(C(=O)[O-])c2c1. The smallest absolute Gasteiger partial charge is 0.0745 e. The molecule has 3 heteroatoms. The molecule has 0 amide bonds. The lowest BCUT2D eigenvalue weighted by molar-refractivity contribution is -0.254. The van der Waals surface area contributed by atoms with E-state index in [-0.39, 0.29) is 5.56 Å². The minimum atomic E-state index is -1.16. The van der Waals surface area contributed by atoms with E-state index in [2.05, 4.69) is 4.98 Å². The molecule has 0 aliphatic rings. The van der Waals surface area contributed by atoms with Crippen LogP contribution < -0.4 is 5.11 Å². The standard InChI is InChI=1S/C18H15NO2/c1-11-8-9-15-14(10-11)16(18(20)21)12(2)17(19-15)13-6-4-3-5-7-13/h3-10H,1-2H3,(H,20,21)/p-1. The van der Waals surface area contributed by atoms with Crippen molar-refractivity contribution in [1.82, 2.24) is 4.98 Å². The second-order valence-corrected chi connectivity index (χ2v) is 5.13. The molecule has 3 rings (SSSR count). The molecule has 0 radical (unpaired) electrons. The maximum atomic E-state index is 11.6. The van der Waals surface area contributed by atoms with Gasteiger partial charge in [0.2, 0.25) is 0 Å². The molecule has 0 saturated heterocycles. The van der Waals surface area contributed by atoms with E-state index in [4.69, 9.17) is 0 Å². The number of hydrogen-bond donors (Lipinski definition) is 0. The predicted molar refractivity (Wildman–Crippen MR) is 81.0 cm³/mol. The molecule has 0 bridgehead atoms. The van der Waals surface area contributed by atoms with Crippen molar-refractivity contribution in [2.24, 2.45) is 0 Å². The molecule has 0 N–H and O–H groups in total. The highest BCUT2D eigenvalue weighted by Gasteiger charge is 2.14. The molecule has 0 saturated carbocycles. The Morgan fingerprint density at radius 2 is 1.76 bits per heavy atom. The van der Waals surface area contributed by atoms with E-state index in [9.17, 15) is 9.90 Å². The van der Waals surface area contributed by atoms with Gasteiger partial charge in [0.25, 0.3) is 0 Å². The average Bonchev–Trinajstić information content (AvgIpc) is 2.47. The van der Waals surface area contributed by atoms with E-state index >= 15 is 0 Å². The van der Waals surface area contributed by atoms with Crippen LogP contribution in [-0.4, -0.2) is 11.0 Å². The fourth-order valence-corrected chi connectivity index (χ4v) is 2.61. The van der Waals surface area contributed by atoms with Crippen molar-refractivity contribution in [2.45, 2.75) is 13.8 Å². The number of carboxylic acid groups (broad SMARTS) is 1. The van der Waals surface area contributed by atoms with Crippen LogP contribution in [0.5, 0.6) is 0 Å². The van der Waals surface area contributed by atoms with Gasteiger partial charge < -0.3 is 9.90 Å². The normalized spacial score (nSPS) is 10.8. The van der Waals surface area contributed by atoms with Gasteiger partial charge in [-0.2, -0.15) is 0 Å². The molecule has 2 aromatic carbocycles. The summed E-state index contributed by atoms with van der Waals surface area (Å²) in [7, 11) is 0. The minimum Gasteiger partial charge on any atom is -0.545 e. The van der Waals surface area contributed by atoms with Crippen molar-refractivity contribution < 1.29 is 9.90 Å². The van der Waals surface area contributed by atoms with Gasteiger partial charge in [0.15, 0.2) is 0 Å². The van der Waals surface area contributed by atoms with Gasteiger partial charge >= 0.3 is 0 Å². The molecular formula is C18H14NO2-. The lowest BCUT2D eigenvalue weighted by Gasteiger charge is -2.15.